The molecule has 0 heterocycles. The number of hydrogen-bond acceptors (Lipinski definition) is 3. The van der Waals surface area contributed by atoms with Gasteiger partial charge in [-0.1, -0.05) is 29.3 Å². The minimum atomic E-state index is -3.73. The van der Waals surface area contributed by atoms with E-state index in [1.807, 2.05) is 0 Å². The number of carbonyl (C=O) groups is 1. The van der Waals surface area contributed by atoms with Crippen LogP contribution in [0.2, 0.25) is 10.0 Å². The summed E-state index contributed by atoms with van der Waals surface area (Å²) in [5, 5.41) is 3.00. The topological polar surface area (TPSA) is 75.3 Å². The molecule has 0 radical (unpaired) electrons. The van der Waals surface area contributed by atoms with Crippen LogP contribution >= 0.6 is 23.2 Å². The largest absolute Gasteiger partial charge is 0.343 e. The Morgan fingerprint density at radius 1 is 1.08 bits per heavy atom. The standard InChI is InChI=1S/C17H17Cl2FN2O3S/c1-17(2,13-6-4-10(20)8-15(13)19)22-16(23)12-9-11(5-7-14(12)18)26(24,25)21-3/h4-9,21H,1-3H3,(H,22,23). The first-order valence-electron chi connectivity index (χ1n) is 7.49. The van der Waals surface area contributed by atoms with E-state index in [0.717, 1.165) is 6.07 Å². The van der Waals surface area contributed by atoms with Crippen molar-refractivity contribution in [1.29, 1.82) is 0 Å². The number of amides is 1. The molecule has 140 valence electrons. The van der Waals surface area contributed by atoms with Gasteiger partial charge in [0.2, 0.25) is 10.0 Å². The van der Waals surface area contributed by atoms with Gasteiger partial charge < -0.3 is 5.32 Å². The van der Waals surface area contributed by atoms with E-state index < -0.39 is 27.3 Å². The molecule has 0 atom stereocenters. The van der Waals surface area contributed by atoms with E-state index in [0.29, 0.717) is 5.56 Å². The van der Waals surface area contributed by atoms with Crippen molar-refractivity contribution in [3.05, 3.63) is 63.4 Å². The molecule has 9 heteroatoms. The van der Waals surface area contributed by atoms with E-state index in [1.165, 1.54) is 37.4 Å². The van der Waals surface area contributed by atoms with Crippen LogP contribution in [0.3, 0.4) is 0 Å². The molecule has 0 bridgehead atoms. The third kappa shape index (κ3) is 4.35. The first kappa shape index (κ1) is 20.6. The van der Waals surface area contributed by atoms with Crippen molar-refractivity contribution in [2.24, 2.45) is 0 Å². The van der Waals surface area contributed by atoms with Gasteiger partial charge in [0.25, 0.3) is 5.91 Å². The summed E-state index contributed by atoms with van der Waals surface area (Å²) in [5.41, 5.74) is -0.457. The van der Waals surface area contributed by atoms with E-state index in [4.69, 9.17) is 23.2 Å². The highest BCUT2D eigenvalue weighted by atomic mass is 35.5. The predicted molar refractivity (Wildman–Crippen MR) is 99.6 cm³/mol. The molecule has 0 saturated heterocycles. The van der Waals surface area contributed by atoms with Crippen molar-refractivity contribution in [2.75, 3.05) is 7.05 Å². The Labute approximate surface area is 161 Å². The Hall–Kier alpha value is -1.67. The van der Waals surface area contributed by atoms with Crippen molar-refractivity contribution in [3.8, 4) is 0 Å². The van der Waals surface area contributed by atoms with Crippen molar-refractivity contribution in [1.82, 2.24) is 10.0 Å². The monoisotopic (exact) mass is 418 g/mol. The second-order valence-electron chi connectivity index (χ2n) is 6.05. The fourth-order valence-corrected chi connectivity index (χ4v) is 3.74. The average Bonchev–Trinajstić information content (AvgIpc) is 2.54. The van der Waals surface area contributed by atoms with Crippen molar-refractivity contribution < 1.29 is 17.6 Å². The minimum Gasteiger partial charge on any atom is -0.343 e. The van der Waals surface area contributed by atoms with Crippen LogP contribution in [0.1, 0.15) is 29.8 Å². The lowest BCUT2D eigenvalue weighted by molar-refractivity contribution is 0.0912. The highest BCUT2D eigenvalue weighted by molar-refractivity contribution is 7.89. The molecule has 1 amide bonds. The third-order valence-electron chi connectivity index (χ3n) is 3.79. The van der Waals surface area contributed by atoms with E-state index >= 15 is 0 Å². The number of halogens is 3. The van der Waals surface area contributed by atoms with Crippen LogP contribution in [0.5, 0.6) is 0 Å². The van der Waals surface area contributed by atoms with Gasteiger partial charge in [0.1, 0.15) is 5.82 Å². The highest BCUT2D eigenvalue weighted by Crippen LogP contribution is 2.29. The van der Waals surface area contributed by atoms with Crippen LogP contribution in [0.25, 0.3) is 0 Å². The van der Waals surface area contributed by atoms with Gasteiger partial charge in [0.15, 0.2) is 0 Å². The molecule has 5 nitrogen and oxygen atoms in total. The van der Waals surface area contributed by atoms with Gasteiger partial charge in [-0.25, -0.2) is 17.5 Å². The van der Waals surface area contributed by atoms with Crippen LogP contribution < -0.4 is 10.0 Å². The molecule has 0 fully saturated rings. The summed E-state index contributed by atoms with van der Waals surface area (Å²) in [5.74, 6) is -1.08. The molecular formula is C17H17Cl2FN2O3S. The van der Waals surface area contributed by atoms with Crippen LogP contribution in [0.15, 0.2) is 41.3 Å². The molecule has 0 spiro atoms. The Bertz CT molecular complexity index is 962. The summed E-state index contributed by atoms with van der Waals surface area (Å²) in [7, 11) is -2.46. The maximum atomic E-state index is 13.3. The van der Waals surface area contributed by atoms with Gasteiger partial charge in [-0.15, -0.1) is 0 Å². The molecule has 2 aromatic rings. The number of benzene rings is 2. The lowest BCUT2D eigenvalue weighted by atomic mass is 9.93. The first-order chi connectivity index (χ1) is 12.0. The molecule has 0 unspecified atom stereocenters. The summed E-state index contributed by atoms with van der Waals surface area (Å²) in [6.45, 7) is 3.37. The molecule has 0 aliphatic heterocycles. The van der Waals surface area contributed by atoms with Crippen molar-refractivity contribution >= 4 is 39.1 Å². The highest BCUT2D eigenvalue weighted by Gasteiger charge is 2.27. The number of sulfonamides is 1. The van der Waals surface area contributed by atoms with E-state index in [2.05, 4.69) is 10.0 Å². The summed E-state index contributed by atoms with van der Waals surface area (Å²) >= 11 is 12.1. The van der Waals surface area contributed by atoms with Crippen LogP contribution in [0.4, 0.5) is 4.39 Å². The molecule has 0 saturated carbocycles. The van der Waals surface area contributed by atoms with Gasteiger partial charge in [0, 0.05) is 5.02 Å². The Morgan fingerprint density at radius 2 is 1.73 bits per heavy atom. The smallest absolute Gasteiger partial charge is 0.253 e. The quantitative estimate of drug-likeness (QED) is 0.776. The molecule has 2 aromatic carbocycles. The zero-order valence-corrected chi connectivity index (χ0v) is 16.6. The normalized spacial score (nSPS) is 12.1. The molecule has 26 heavy (non-hydrogen) atoms. The number of hydrogen-bond donors (Lipinski definition) is 2. The van der Waals surface area contributed by atoms with E-state index in [-0.39, 0.29) is 20.5 Å². The fourth-order valence-electron chi connectivity index (χ4n) is 2.38. The summed E-state index contributed by atoms with van der Waals surface area (Å²) in [6.07, 6.45) is 0. The minimum absolute atomic E-state index is 0.00528. The molecular weight excluding hydrogens is 402 g/mol. The van der Waals surface area contributed by atoms with Gasteiger partial charge in [-0.3, -0.25) is 4.79 Å². The third-order valence-corrected chi connectivity index (χ3v) is 5.85. The van der Waals surface area contributed by atoms with Gasteiger partial charge >= 0.3 is 0 Å². The summed E-state index contributed by atoms with van der Waals surface area (Å²) < 4.78 is 39.3. The lowest BCUT2D eigenvalue weighted by Crippen LogP contribution is -2.41. The molecule has 0 aromatic heterocycles. The van der Waals surface area contributed by atoms with Gasteiger partial charge in [-0.2, -0.15) is 0 Å². The van der Waals surface area contributed by atoms with E-state index in [9.17, 15) is 17.6 Å². The lowest BCUT2D eigenvalue weighted by Gasteiger charge is -2.28. The second-order valence-corrected chi connectivity index (χ2v) is 8.75. The molecule has 2 N–H and O–H groups in total. The molecule has 0 aliphatic carbocycles. The number of carbonyl (C=O) groups excluding carboxylic acids is 1. The van der Waals surface area contributed by atoms with Crippen LogP contribution in [-0.2, 0) is 15.6 Å². The second kappa shape index (κ2) is 7.52. The Kier molecular flexibility index (Phi) is 5.97. The Balaban J connectivity index is 2.39. The van der Waals surface area contributed by atoms with Gasteiger partial charge in [0.05, 0.1) is 21.0 Å². The SMILES string of the molecule is CNS(=O)(=O)c1ccc(Cl)c(C(=O)NC(C)(C)c2ccc(F)cc2Cl)c1. The Morgan fingerprint density at radius 3 is 2.31 bits per heavy atom. The van der Waals surface area contributed by atoms with E-state index in [1.54, 1.807) is 13.8 Å². The molecule has 0 aliphatic rings. The zero-order valence-electron chi connectivity index (χ0n) is 14.2. The maximum absolute atomic E-state index is 13.3. The van der Waals surface area contributed by atoms with Gasteiger partial charge in [-0.05, 0) is 56.8 Å². The fraction of sp³-hybridized carbons (Fsp3) is 0.235. The zero-order chi connectivity index (χ0) is 19.7. The maximum Gasteiger partial charge on any atom is 0.253 e. The molecule has 2 rings (SSSR count). The van der Waals surface area contributed by atoms with Crippen LogP contribution in [0, 0.1) is 5.82 Å². The summed E-state index contributed by atoms with van der Waals surface area (Å²) in [6, 6.07) is 7.68. The van der Waals surface area contributed by atoms with Crippen molar-refractivity contribution in [2.45, 2.75) is 24.3 Å². The number of nitrogens with one attached hydrogen (secondary N) is 2. The predicted octanol–water partition coefficient (Wildman–Crippen LogP) is 3.71. The van der Waals surface area contributed by atoms with Crippen LogP contribution in [-0.4, -0.2) is 21.4 Å². The first-order valence-corrected chi connectivity index (χ1v) is 9.73. The van der Waals surface area contributed by atoms with Crippen molar-refractivity contribution in [3.63, 3.8) is 0 Å². The average molecular weight is 419 g/mol. The number of rotatable bonds is 5. The summed E-state index contributed by atoms with van der Waals surface area (Å²) in [4.78, 5) is 12.6.